The molecule has 0 fully saturated rings. The average molecular weight is 492 g/mol. The van der Waals surface area contributed by atoms with Crippen molar-refractivity contribution < 1.29 is 31.7 Å². The van der Waals surface area contributed by atoms with Crippen molar-refractivity contribution in [1.82, 2.24) is 0 Å². The third kappa shape index (κ3) is 8.46. The molecule has 9 heteroatoms. The van der Waals surface area contributed by atoms with E-state index in [1.54, 1.807) is 59.7 Å². The average Bonchev–Trinajstić information content (AvgIpc) is 2.67. The smallest absolute Gasteiger partial charge is 0.339 e. The van der Waals surface area contributed by atoms with E-state index < -0.39 is 45.2 Å². The number of carbonyl (C=O) groups is 2. The van der Waals surface area contributed by atoms with E-state index in [1.807, 2.05) is 0 Å². The number of esters is 2. The zero-order valence-corrected chi connectivity index (χ0v) is 21.2. The van der Waals surface area contributed by atoms with Gasteiger partial charge in [-0.15, -0.1) is 0 Å². The van der Waals surface area contributed by atoms with Gasteiger partial charge in [-0.1, -0.05) is 30.3 Å². The Morgan fingerprint density at radius 2 is 1.38 bits per heavy atom. The number of nitrogens with two attached hydrogens (primary N) is 1. The van der Waals surface area contributed by atoms with Crippen LogP contribution in [-0.2, 0) is 29.2 Å². The molecule has 34 heavy (non-hydrogen) atoms. The predicted octanol–water partition coefficient (Wildman–Crippen LogP) is 3.94. The maximum Gasteiger partial charge on any atom is 0.339 e. The molecule has 0 saturated heterocycles. The van der Waals surface area contributed by atoms with Gasteiger partial charge in [-0.2, -0.15) is 8.42 Å². The third-order valence-electron chi connectivity index (χ3n) is 4.39. The van der Waals surface area contributed by atoms with Crippen LogP contribution in [0.25, 0.3) is 0 Å². The third-order valence-corrected chi connectivity index (χ3v) is 5.65. The standard InChI is InChI=1S/C25H33NO7S/c1-24(2,3)31-21(27)16-20(26)22(23(28)32-25(4,5)6)17-12-14-18(15-13-17)33-34(29,30)19-10-8-7-9-11-19/h7-15,20,22H,16,26H2,1-6H3. The molecule has 2 atom stereocenters. The van der Waals surface area contributed by atoms with Crippen LogP contribution in [0.1, 0.15) is 59.4 Å². The van der Waals surface area contributed by atoms with Crippen molar-refractivity contribution in [3.63, 3.8) is 0 Å². The van der Waals surface area contributed by atoms with Crippen molar-refractivity contribution in [3.8, 4) is 5.75 Å². The van der Waals surface area contributed by atoms with Crippen LogP contribution in [0.3, 0.4) is 0 Å². The Hall–Kier alpha value is -2.91. The second-order valence-corrected chi connectivity index (χ2v) is 11.4. The molecule has 8 nitrogen and oxygen atoms in total. The van der Waals surface area contributed by atoms with Crippen LogP contribution in [0.2, 0.25) is 0 Å². The maximum absolute atomic E-state index is 13.0. The van der Waals surface area contributed by atoms with E-state index in [0.717, 1.165) is 0 Å². The number of hydrogen-bond acceptors (Lipinski definition) is 8. The van der Waals surface area contributed by atoms with Gasteiger partial charge < -0.3 is 19.4 Å². The van der Waals surface area contributed by atoms with Crippen molar-refractivity contribution in [2.24, 2.45) is 5.73 Å². The molecule has 2 rings (SSSR count). The second-order valence-electron chi connectivity index (χ2n) is 9.89. The molecule has 0 heterocycles. The van der Waals surface area contributed by atoms with Gasteiger partial charge >= 0.3 is 22.1 Å². The first-order valence-corrected chi connectivity index (χ1v) is 12.3. The van der Waals surface area contributed by atoms with Gasteiger partial charge in [0.15, 0.2) is 0 Å². The molecule has 0 amide bonds. The summed E-state index contributed by atoms with van der Waals surface area (Å²) < 4.78 is 41.0. The number of benzene rings is 2. The van der Waals surface area contributed by atoms with Crippen molar-refractivity contribution in [1.29, 1.82) is 0 Å². The Bertz CT molecular complexity index is 1080. The highest BCUT2D eigenvalue weighted by atomic mass is 32.2. The summed E-state index contributed by atoms with van der Waals surface area (Å²) in [6, 6.07) is 12.7. The fraction of sp³-hybridized carbons (Fsp3) is 0.440. The molecule has 0 saturated carbocycles. The Morgan fingerprint density at radius 1 is 0.853 bits per heavy atom. The molecule has 0 bridgehead atoms. The predicted molar refractivity (Wildman–Crippen MR) is 128 cm³/mol. The number of carbonyl (C=O) groups excluding carboxylic acids is 2. The molecule has 0 radical (unpaired) electrons. The lowest BCUT2D eigenvalue weighted by Gasteiger charge is -2.28. The molecule has 0 aliphatic carbocycles. The Labute approximate surface area is 201 Å². The van der Waals surface area contributed by atoms with E-state index in [9.17, 15) is 18.0 Å². The monoisotopic (exact) mass is 491 g/mol. The van der Waals surface area contributed by atoms with Crippen LogP contribution in [0.5, 0.6) is 5.75 Å². The molecule has 2 N–H and O–H groups in total. The van der Waals surface area contributed by atoms with Gasteiger partial charge in [0.05, 0.1) is 12.3 Å². The molecule has 2 unspecified atom stereocenters. The first-order chi connectivity index (χ1) is 15.6. The Kier molecular flexibility index (Phi) is 8.50. The van der Waals surface area contributed by atoms with E-state index in [2.05, 4.69) is 0 Å². The minimum atomic E-state index is -4.01. The largest absolute Gasteiger partial charge is 0.460 e. The topological polar surface area (TPSA) is 122 Å². The summed E-state index contributed by atoms with van der Waals surface area (Å²) in [4.78, 5) is 25.3. The van der Waals surface area contributed by atoms with Gasteiger partial charge in [0.2, 0.25) is 0 Å². The second kappa shape index (κ2) is 10.6. The van der Waals surface area contributed by atoms with E-state index >= 15 is 0 Å². The van der Waals surface area contributed by atoms with Crippen LogP contribution in [0.15, 0.2) is 59.5 Å². The summed E-state index contributed by atoms with van der Waals surface area (Å²) in [6.07, 6.45) is -0.207. The van der Waals surface area contributed by atoms with Crippen LogP contribution in [0.4, 0.5) is 0 Å². The first kappa shape index (κ1) is 27.3. The lowest BCUT2D eigenvalue weighted by Crippen LogP contribution is -2.40. The fourth-order valence-corrected chi connectivity index (χ4v) is 4.06. The number of ether oxygens (including phenoxy) is 2. The van der Waals surface area contributed by atoms with Crippen LogP contribution >= 0.6 is 0 Å². The maximum atomic E-state index is 13.0. The summed E-state index contributed by atoms with van der Waals surface area (Å²) in [6.45, 7) is 10.4. The molecule has 2 aromatic rings. The van der Waals surface area contributed by atoms with Crippen molar-refractivity contribution in [3.05, 3.63) is 60.2 Å². The molecule has 0 spiro atoms. The number of hydrogen-bond donors (Lipinski definition) is 1. The van der Waals surface area contributed by atoms with E-state index in [4.69, 9.17) is 19.4 Å². The molecule has 0 aromatic heterocycles. The van der Waals surface area contributed by atoms with Crippen molar-refractivity contribution in [2.75, 3.05) is 0 Å². The van der Waals surface area contributed by atoms with Gasteiger partial charge in [-0.25, -0.2) is 0 Å². The zero-order chi connectivity index (χ0) is 25.7. The highest BCUT2D eigenvalue weighted by molar-refractivity contribution is 7.87. The van der Waals surface area contributed by atoms with Gasteiger partial charge in [0.1, 0.15) is 21.8 Å². The fourth-order valence-electron chi connectivity index (χ4n) is 3.11. The van der Waals surface area contributed by atoms with Gasteiger partial charge in [-0.3, -0.25) is 9.59 Å². The summed E-state index contributed by atoms with van der Waals surface area (Å²) in [5, 5.41) is 0. The quantitative estimate of drug-likeness (QED) is 0.435. The zero-order valence-electron chi connectivity index (χ0n) is 20.4. The first-order valence-electron chi connectivity index (χ1n) is 10.9. The molecule has 2 aromatic carbocycles. The Balaban J connectivity index is 2.28. The van der Waals surface area contributed by atoms with Gasteiger partial charge in [0.25, 0.3) is 0 Å². The molecular weight excluding hydrogens is 458 g/mol. The summed E-state index contributed by atoms with van der Waals surface area (Å²) in [7, 11) is -4.01. The lowest BCUT2D eigenvalue weighted by molar-refractivity contribution is -0.158. The summed E-state index contributed by atoms with van der Waals surface area (Å²) in [5.74, 6) is -2.06. The van der Waals surface area contributed by atoms with E-state index in [1.165, 1.54) is 36.4 Å². The molecule has 0 aliphatic heterocycles. The van der Waals surface area contributed by atoms with E-state index in [-0.39, 0.29) is 17.1 Å². The minimum absolute atomic E-state index is 0.0186. The minimum Gasteiger partial charge on any atom is -0.460 e. The lowest BCUT2D eigenvalue weighted by atomic mass is 9.89. The van der Waals surface area contributed by atoms with E-state index in [0.29, 0.717) is 5.56 Å². The van der Waals surface area contributed by atoms with Crippen LogP contribution in [0, 0.1) is 0 Å². The van der Waals surface area contributed by atoms with Gasteiger partial charge in [0, 0.05) is 6.04 Å². The molecule has 186 valence electrons. The normalized spacial score (nSPS) is 14.1. The summed E-state index contributed by atoms with van der Waals surface area (Å²) >= 11 is 0. The van der Waals surface area contributed by atoms with Crippen LogP contribution < -0.4 is 9.92 Å². The molecule has 0 aliphatic rings. The van der Waals surface area contributed by atoms with Crippen LogP contribution in [-0.4, -0.2) is 37.6 Å². The Morgan fingerprint density at radius 3 is 1.88 bits per heavy atom. The van der Waals surface area contributed by atoms with Crippen molar-refractivity contribution >= 4 is 22.1 Å². The SMILES string of the molecule is CC(C)(C)OC(=O)CC(N)C(C(=O)OC(C)(C)C)c1ccc(OS(=O)(=O)c2ccccc2)cc1. The summed E-state index contributed by atoms with van der Waals surface area (Å²) in [5.41, 5.74) is 5.27. The number of rotatable bonds is 8. The van der Waals surface area contributed by atoms with Crippen molar-refractivity contribution in [2.45, 2.75) is 76.0 Å². The highest BCUT2D eigenvalue weighted by Gasteiger charge is 2.34. The van der Waals surface area contributed by atoms with Gasteiger partial charge in [-0.05, 0) is 71.4 Å². The molecular formula is C25H33NO7S. The highest BCUT2D eigenvalue weighted by Crippen LogP contribution is 2.28.